The normalized spacial score (nSPS) is 23.3. The predicted molar refractivity (Wildman–Crippen MR) is 52.8 cm³/mol. The van der Waals surface area contributed by atoms with Crippen molar-refractivity contribution in [1.82, 2.24) is 14.9 Å². The molecule has 13 heavy (non-hydrogen) atoms. The summed E-state index contributed by atoms with van der Waals surface area (Å²) in [6.45, 7) is 3.26. The molecule has 0 radical (unpaired) electrons. The maximum atomic E-state index is 5.94. The Kier molecular flexibility index (Phi) is 2.86. The van der Waals surface area contributed by atoms with Gasteiger partial charge in [0.25, 0.3) is 0 Å². The zero-order valence-electron chi connectivity index (χ0n) is 7.54. The third-order valence-corrected chi connectivity index (χ3v) is 2.83. The fraction of sp³-hybridized carbons (Fsp3) is 0.667. The fourth-order valence-electron chi connectivity index (χ4n) is 1.80. The van der Waals surface area contributed by atoms with Crippen LogP contribution in [0.2, 0.25) is 5.15 Å². The summed E-state index contributed by atoms with van der Waals surface area (Å²) < 4.78 is 2.01. The standard InChI is InChI=1S/C9H14ClN3/c10-9-5-12-7-13(9)6-8-2-1-3-11-4-8/h5,7-8,11H,1-4,6H2. The summed E-state index contributed by atoms with van der Waals surface area (Å²) in [5.41, 5.74) is 0. The second kappa shape index (κ2) is 4.11. The van der Waals surface area contributed by atoms with Gasteiger partial charge >= 0.3 is 0 Å². The molecule has 1 atom stereocenters. The van der Waals surface area contributed by atoms with Gasteiger partial charge in [0.1, 0.15) is 5.15 Å². The lowest BCUT2D eigenvalue weighted by atomic mass is 10.00. The Morgan fingerprint density at radius 3 is 3.23 bits per heavy atom. The Balaban J connectivity index is 1.93. The quantitative estimate of drug-likeness (QED) is 0.783. The van der Waals surface area contributed by atoms with Crippen LogP contribution >= 0.6 is 11.6 Å². The number of aromatic nitrogens is 2. The largest absolute Gasteiger partial charge is 0.321 e. The molecule has 1 saturated heterocycles. The Labute approximate surface area is 83.1 Å². The summed E-state index contributed by atoms with van der Waals surface area (Å²) in [4.78, 5) is 4.00. The summed E-state index contributed by atoms with van der Waals surface area (Å²) in [6.07, 6.45) is 6.06. The average molecular weight is 200 g/mol. The van der Waals surface area contributed by atoms with E-state index in [9.17, 15) is 0 Å². The second-order valence-electron chi connectivity index (χ2n) is 3.58. The molecular weight excluding hydrogens is 186 g/mol. The molecule has 3 nitrogen and oxygen atoms in total. The molecule has 0 spiro atoms. The van der Waals surface area contributed by atoms with Gasteiger partial charge in [-0.3, -0.25) is 0 Å². The van der Waals surface area contributed by atoms with Crippen LogP contribution in [0, 0.1) is 5.92 Å². The van der Waals surface area contributed by atoms with Gasteiger partial charge in [0.15, 0.2) is 0 Å². The molecule has 2 heterocycles. The summed E-state index contributed by atoms with van der Waals surface area (Å²) >= 11 is 5.94. The Hall–Kier alpha value is -0.540. The van der Waals surface area contributed by atoms with Crippen LogP contribution in [-0.4, -0.2) is 22.6 Å². The van der Waals surface area contributed by atoms with Gasteiger partial charge in [0.2, 0.25) is 0 Å². The molecule has 1 N–H and O–H groups in total. The highest BCUT2D eigenvalue weighted by Gasteiger charge is 2.13. The zero-order chi connectivity index (χ0) is 9.10. The van der Waals surface area contributed by atoms with Gasteiger partial charge in [-0.25, -0.2) is 4.98 Å². The van der Waals surface area contributed by atoms with Gasteiger partial charge in [0.05, 0.1) is 12.5 Å². The minimum absolute atomic E-state index is 0.709. The first-order valence-corrected chi connectivity index (χ1v) is 5.10. The van der Waals surface area contributed by atoms with Gasteiger partial charge in [0, 0.05) is 6.54 Å². The van der Waals surface area contributed by atoms with Crippen molar-refractivity contribution in [3.8, 4) is 0 Å². The highest BCUT2D eigenvalue weighted by atomic mass is 35.5. The van der Waals surface area contributed by atoms with Gasteiger partial charge in [-0.05, 0) is 31.8 Å². The van der Waals surface area contributed by atoms with Crippen molar-refractivity contribution in [2.24, 2.45) is 5.92 Å². The third-order valence-electron chi connectivity index (χ3n) is 2.52. The molecule has 0 aromatic carbocycles. The molecule has 0 saturated carbocycles. The molecule has 1 fully saturated rings. The predicted octanol–water partition coefficient (Wildman–Crippen LogP) is 1.54. The molecule has 1 aromatic heterocycles. The van der Waals surface area contributed by atoms with E-state index in [1.54, 1.807) is 12.5 Å². The van der Waals surface area contributed by atoms with E-state index in [-0.39, 0.29) is 0 Å². The van der Waals surface area contributed by atoms with Crippen LogP contribution in [0.15, 0.2) is 12.5 Å². The molecule has 0 bridgehead atoms. The van der Waals surface area contributed by atoms with Crippen LogP contribution in [0.5, 0.6) is 0 Å². The van der Waals surface area contributed by atoms with Crippen LogP contribution in [-0.2, 0) is 6.54 Å². The molecule has 72 valence electrons. The molecule has 2 rings (SSSR count). The first-order chi connectivity index (χ1) is 6.36. The highest BCUT2D eigenvalue weighted by Crippen LogP contribution is 2.15. The number of rotatable bonds is 2. The SMILES string of the molecule is Clc1cncn1CC1CCCNC1. The van der Waals surface area contributed by atoms with Crippen LogP contribution in [0.4, 0.5) is 0 Å². The fourth-order valence-corrected chi connectivity index (χ4v) is 1.97. The molecule has 4 heteroatoms. The van der Waals surface area contributed by atoms with Crippen molar-refractivity contribution >= 4 is 11.6 Å². The van der Waals surface area contributed by atoms with Crippen molar-refractivity contribution < 1.29 is 0 Å². The van der Waals surface area contributed by atoms with Crippen molar-refractivity contribution in [1.29, 1.82) is 0 Å². The van der Waals surface area contributed by atoms with E-state index < -0.39 is 0 Å². The van der Waals surface area contributed by atoms with E-state index in [1.807, 2.05) is 4.57 Å². The minimum Gasteiger partial charge on any atom is -0.321 e. The Morgan fingerprint density at radius 1 is 1.69 bits per heavy atom. The van der Waals surface area contributed by atoms with E-state index in [0.29, 0.717) is 5.92 Å². The van der Waals surface area contributed by atoms with Crippen molar-refractivity contribution in [2.75, 3.05) is 13.1 Å². The maximum Gasteiger partial charge on any atom is 0.128 e. The first-order valence-electron chi connectivity index (χ1n) is 4.72. The third kappa shape index (κ3) is 2.23. The smallest absolute Gasteiger partial charge is 0.128 e. The summed E-state index contributed by atoms with van der Waals surface area (Å²) in [7, 11) is 0. The Morgan fingerprint density at radius 2 is 2.62 bits per heavy atom. The molecule has 1 aromatic rings. The van der Waals surface area contributed by atoms with E-state index in [1.165, 1.54) is 12.8 Å². The molecule has 1 aliphatic rings. The van der Waals surface area contributed by atoms with Gasteiger partial charge in [-0.15, -0.1) is 0 Å². The molecule has 0 amide bonds. The summed E-state index contributed by atoms with van der Waals surface area (Å²) in [6, 6.07) is 0. The first kappa shape index (κ1) is 9.03. The van der Waals surface area contributed by atoms with E-state index in [0.717, 1.165) is 24.8 Å². The maximum absolute atomic E-state index is 5.94. The number of piperidine rings is 1. The van der Waals surface area contributed by atoms with Crippen LogP contribution in [0.25, 0.3) is 0 Å². The number of nitrogens with one attached hydrogen (secondary N) is 1. The van der Waals surface area contributed by atoms with Crippen LogP contribution in [0.1, 0.15) is 12.8 Å². The van der Waals surface area contributed by atoms with Gasteiger partial charge in [-0.1, -0.05) is 11.6 Å². The average Bonchev–Trinajstić information content (AvgIpc) is 2.54. The van der Waals surface area contributed by atoms with Crippen molar-refractivity contribution in [3.05, 3.63) is 17.7 Å². The topological polar surface area (TPSA) is 29.9 Å². The van der Waals surface area contributed by atoms with E-state index in [2.05, 4.69) is 10.3 Å². The van der Waals surface area contributed by atoms with Gasteiger partial charge in [-0.2, -0.15) is 0 Å². The number of halogens is 1. The highest BCUT2D eigenvalue weighted by molar-refractivity contribution is 6.29. The minimum atomic E-state index is 0.709. The molecule has 1 aliphatic heterocycles. The number of hydrogen-bond acceptors (Lipinski definition) is 2. The summed E-state index contributed by atoms with van der Waals surface area (Å²) in [5, 5.41) is 4.13. The lowest BCUT2D eigenvalue weighted by molar-refractivity contribution is 0.337. The monoisotopic (exact) mass is 199 g/mol. The lowest BCUT2D eigenvalue weighted by Gasteiger charge is -2.23. The second-order valence-corrected chi connectivity index (χ2v) is 3.97. The Bertz CT molecular complexity index is 266. The number of imidazole rings is 1. The van der Waals surface area contributed by atoms with Gasteiger partial charge < -0.3 is 9.88 Å². The molecule has 1 unspecified atom stereocenters. The number of nitrogens with zero attached hydrogens (tertiary/aromatic N) is 2. The summed E-state index contributed by atoms with van der Waals surface area (Å²) in [5.74, 6) is 0.709. The van der Waals surface area contributed by atoms with Crippen molar-refractivity contribution in [3.63, 3.8) is 0 Å². The number of hydrogen-bond donors (Lipinski definition) is 1. The molecular formula is C9H14ClN3. The van der Waals surface area contributed by atoms with Crippen molar-refractivity contribution in [2.45, 2.75) is 19.4 Å². The lowest BCUT2D eigenvalue weighted by Crippen LogP contribution is -2.32. The van der Waals surface area contributed by atoms with Crippen LogP contribution < -0.4 is 5.32 Å². The van der Waals surface area contributed by atoms with E-state index >= 15 is 0 Å². The van der Waals surface area contributed by atoms with Crippen LogP contribution in [0.3, 0.4) is 0 Å². The van der Waals surface area contributed by atoms with E-state index in [4.69, 9.17) is 11.6 Å². The zero-order valence-corrected chi connectivity index (χ0v) is 8.30. The molecule has 0 aliphatic carbocycles.